The van der Waals surface area contributed by atoms with E-state index < -0.39 is 5.97 Å². The van der Waals surface area contributed by atoms with Crippen molar-refractivity contribution in [2.75, 3.05) is 6.54 Å². The highest BCUT2D eigenvalue weighted by Gasteiger charge is 2.27. The van der Waals surface area contributed by atoms with Gasteiger partial charge in [-0.05, 0) is 37.1 Å². The summed E-state index contributed by atoms with van der Waals surface area (Å²) >= 11 is 0. The smallest absolute Gasteiger partial charge is 0.306 e. The number of hydrogen-bond acceptors (Lipinski definition) is 2. The van der Waals surface area contributed by atoms with Gasteiger partial charge in [0.15, 0.2) is 0 Å². The first kappa shape index (κ1) is 11.1. The molecule has 0 aromatic heterocycles. The van der Waals surface area contributed by atoms with Crippen LogP contribution >= 0.6 is 0 Å². The van der Waals surface area contributed by atoms with Crippen LogP contribution in [0.2, 0.25) is 0 Å². The number of nitrogens with one attached hydrogen (secondary N) is 1. The van der Waals surface area contributed by atoms with Gasteiger partial charge in [-0.2, -0.15) is 0 Å². The molecule has 16 heavy (non-hydrogen) atoms. The molecule has 1 heterocycles. The molecule has 2 unspecified atom stereocenters. The summed E-state index contributed by atoms with van der Waals surface area (Å²) in [4.78, 5) is 10.9. The van der Waals surface area contributed by atoms with E-state index in [9.17, 15) is 9.18 Å². The fraction of sp³-hybridized carbons (Fsp3) is 0.417. The zero-order valence-corrected chi connectivity index (χ0v) is 8.82. The summed E-state index contributed by atoms with van der Waals surface area (Å²) in [6.07, 6.45) is 1.23. The van der Waals surface area contributed by atoms with Crippen molar-refractivity contribution in [2.24, 2.45) is 5.92 Å². The van der Waals surface area contributed by atoms with Gasteiger partial charge in [-0.1, -0.05) is 12.1 Å². The molecule has 86 valence electrons. The SMILES string of the molecule is O=C(O)C1CCNC(c2ccc(F)cc2)C1. The molecule has 1 aromatic carbocycles. The second-order valence-electron chi connectivity index (χ2n) is 4.12. The van der Waals surface area contributed by atoms with E-state index in [0.29, 0.717) is 19.4 Å². The highest BCUT2D eigenvalue weighted by Crippen LogP contribution is 2.27. The minimum absolute atomic E-state index is 0.0236. The van der Waals surface area contributed by atoms with E-state index in [4.69, 9.17) is 5.11 Å². The first-order valence-electron chi connectivity index (χ1n) is 5.38. The van der Waals surface area contributed by atoms with Gasteiger partial charge in [-0.3, -0.25) is 4.79 Å². The van der Waals surface area contributed by atoms with Crippen molar-refractivity contribution in [3.05, 3.63) is 35.6 Å². The van der Waals surface area contributed by atoms with E-state index in [-0.39, 0.29) is 17.8 Å². The molecule has 2 atom stereocenters. The molecule has 0 saturated carbocycles. The second kappa shape index (κ2) is 4.61. The van der Waals surface area contributed by atoms with Crippen LogP contribution in [0.1, 0.15) is 24.4 Å². The van der Waals surface area contributed by atoms with Gasteiger partial charge < -0.3 is 10.4 Å². The quantitative estimate of drug-likeness (QED) is 0.805. The first-order chi connectivity index (χ1) is 7.66. The molecule has 1 saturated heterocycles. The topological polar surface area (TPSA) is 49.3 Å². The monoisotopic (exact) mass is 223 g/mol. The second-order valence-corrected chi connectivity index (χ2v) is 4.12. The molecule has 1 aliphatic heterocycles. The van der Waals surface area contributed by atoms with Crippen molar-refractivity contribution >= 4 is 5.97 Å². The van der Waals surface area contributed by atoms with Gasteiger partial charge in [0, 0.05) is 6.04 Å². The molecule has 2 rings (SSSR count). The Morgan fingerprint density at radius 3 is 2.69 bits per heavy atom. The van der Waals surface area contributed by atoms with Crippen LogP contribution in [0.4, 0.5) is 4.39 Å². The third-order valence-electron chi connectivity index (χ3n) is 3.03. The Hall–Kier alpha value is -1.42. The Labute approximate surface area is 93.3 Å². The van der Waals surface area contributed by atoms with Crippen LogP contribution < -0.4 is 5.32 Å². The van der Waals surface area contributed by atoms with Gasteiger partial charge in [0.05, 0.1) is 5.92 Å². The number of benzene rings is 1. The van der Waals surface area contributed by atoms with Gasteiger partial charge in [0.1, 0.15) is 5.82 Å². The predicted octanol–water partition coefficient (Wildman–Crippen LogP) is 1.95. The summed E-state index contributed by atoms with van der Waals surface area (Å²) in [6, 6.07) is 6.24. The molecule has 2 N–H and O–H groups in total. The summed E-state index contributed by atoms with van der Waals surface area (Å²) in [7, 11) is 0. The highest BCUT2D eigenvalue weighted by atomic mass is 19.1. The number of carbonyl (C=O) groups is 1. The van der Waals surface area contributed by atoms with Crippen molar-refractivity contribution < 1.29 is 14.3 Å². The summed E-state index contributed by atoms with van der Waals surface area (Å²) < 4.78 is 12.7. The van der Waals surface area contributed by atoms with Crippen molar-refractivity contribution in [1.29, 1.82) is 0 Å². The molecule has 3 nitrogen and oxygen atoms in total. The molecule has 4 heteroatoms. The zero-order valence-electron chi connectivity index (χ0n) is 8.82. The van der Waals surface area contributed by atoms with Crippen LogP contribution in [0.25, 0.3) is 0 Å². The molecule has 1 aromatic rings. The van der Waals surface area contributed by atoms with Crippen molar-refractivity contribution in [1.82, 2.24) is 5.32 Å². The van der Waals surface area contributed by atoms with Gasteiger partial charge in [0.2, 0.25) is 0 Å². The third-order valence-corrected chi connectivity index (χ3v) is 3.03. The van der Waals surface area contributed by atoms with Crippen LogP contribution in [-0.4, -0.2) is 17.6 Å². The average Bonchev–Trinajstić information content (AvgIpc) is 2.30. The van der Waals surface area contributed by atoms with Crippen LogP contribution in [0, 0.1) is 11.7 Å². The van der Waals surface area contributed by atoms with Crippen LogP contribution in [-0.2, 0) is 4.79 Å². The van der Waals surface area contributed by atoms with Crippen LogP contribution in [0.15, 0.2) is 24.3 Å². The maximum atomic E-state index is 12.7. The molecule has 0 bridgehead atoms. The Balaban J connectivity index is 2.09. The van der Waals surface area contributed by atoms with Crippen LogP contribution in [0.3, 0.4) is 0 Å². The van der Waals surface area contributed by atoms with E-state index >= 15 is 0 Å². The minimum atomic E-state index is -0.742. The van der Waals surface area contributed by atoms with Crippen molar-refractivity contribution in [2.45, 2.75) is 18.9 Å². The van der Waals surface area contributed by atoms with E-state index in [2.05, 4.69) is 5.32 Å². The van der Waals surface area contributed by atoms with Crippen molar-refractivity contribution in [3.63, 3.8) is 0 Å². The maximum Gasteiger partial charge on any atom is 0.306 e. The summed E-state index contributed by atoms with van der Waals surface area (Å²) in [5.41, 5.74) is 0.951. The maximum absolute atomic E-state index is 12.7. The normalized spacial score (nSPS) is 25.3. The Kier molecular flexibility index (Phi) is 3.19. The lowest BCUT2D eigenvalue weighted by Gasteiger charge is -2.28. The molecule has 1 fully saturated rings. The lowest BCUT2D eigenvalue weighted by Crippen LogP contribution is -2.34. The predicted molar refractivity (Wildman–Crippen MR) is 57.5 cm³/mol. The molecular formula is C12H14FNO2. The highest BCUT2D eigenvalue weighted by molar-refractivity contribution is 5.70. The summed E-state index contributed by atoms with van der Waals surface area (Å²) in [6.45, 7) is 0.693. The standard InChI is InChI=1S/C12H14FNO2/c13-10-3-1-8(2-4-10)11-7-9(12(15)16)5-6-14-11/h1-4,9,11,14H,5-7H2,(H,15,16). The molecule has 0 radical (unpaired) electrons. The summed E-state index contributed by atoms with van der Waals surface area (Å²) in [5, 5.41) is 12.2. The zero-order chi connectivity index (χ0) is 11.5. The van der Waals surface area contributed by atoms with Gasteiger partial charge >= 0.3 is 5.97 Å². The van der Waals surface area contributed by atoms with Gasteiger partial charge in [-0.15, -0.1) is 0 Å². The fourth-order valence-corrected chi connectivity index (χ4v) is 2.09. The number of carboxylic acids is 1. The lowest BCUT2D eigenvalue weighted by molar-refractivity contribution is -0.143. The number of rotatable bonds is 2. The van der Waals surface area contributed by atoms with Crippen molar-refractivity contribution in [3.8, 4) is 0 Å². The molecule has 0 aliphatic carbocycles. The molecular weight excluding hydrogens is 209 g/mol. The lowest BCUT2D eigenvalue weighted by atomic mass is 9.89. The first-order valence-corrected chi connectivity index (χ1v) is 5.38. The number of hydrogen-bond donors (Lipinski definition) is 2. The van der Waals surface area contributed by atoms with Crippen LogP contribution in [0.5, 0.6) is 0 Å². The van der Waals surface area contributed by atoms with E-state index in [1.54, 1.807) is 12.1 Å². The number of carboxylic acid groups (broad SMARTS) is 1. The summed E-state index contributed by atoms with van der Waals surface area (Å²) in [5.74, 6) is -1.31. The average molecular weight is 223 g/mol. The number of halogens is 1. The van der Waals surface area contributed by atoms with E-state index in [1.165, 1.54) is 12.1 Å². The molecule has 0 amide bonds. The number of piperidine rings is 1. The molecule has 0 spiro atoms. The van der Waals surface area contributed by atoms with Gasteiger partial charge in [-0.25, -0.2) is 4.39 Å². The minimum Gasteiger partial charge on any atom is -0.481 e. The Bertz CT molecular complexity index is 377. The molecule has 1 aliphatic rings. The largest absolute Gasteiger partial charge is 0.481 e. The van der Waals surface area contributed by atoms with E-state index in [1.807, 2.05) is 0 Å². The van der Waals surface area contributed by atoms with Gasteiger partial charge in [0.25, 0.3) is 0 Å². The number of aliphatic carboxylic acids is 1. The fourth-order valence-electron chi connectivity index (χ4n) is 2.09. The Morgan fingerprint density at radius 2 is 2.06 bits per heavy atom. The van der Waals surface area contributed by atoms with E-state index in [0.717, 1.165) is 5.56 Å². The Morgan fingerprint density at radius 1 is 1.38 bits per heavy atom. The third kappa shape index (κ3) is 2.39.